The molecule has 0 rings (SSSR count). The normalized spacial score (nSPS) is 12.5. The van der Waals surface area contributed by atoms with Crippen molar-refractivity contribution in [3.63, 3.8) is 0 Å². The molecule has 0 heterocycles. The predicted octanol–water partition coefficient (Wildman–Crippen LogP) is 1.91. The lowest BCUT2D eigenvalue weighted by atomic mass is 10.2. The summed E-state index contributed by atoms with van der Waals surface area (Å²) >= 11 is 0. The van der Waals surface area contributed by atoms with Gasteiger partial charge in [-0.2, -0.15) is 0 Å². The Labute approximate surface area is 67.3 Å². The molecule has 11 heavy (non-hydrogen) atoms. The minimum atomic E-state index is 0.281. The lowest BCUT2D eigenvalue weighted by Gasteiger charge is -1.99. The van der Waals surface area contributed by atoms with Crippen LogP contribution in [-0.2, 0) is 0 Å². The van der Waals surface area contributed by atoms with Gasteiger partial charge in [-0.15, -0.1) is 0 Å². The second-order valence-electron chi connectivity index (χ2n) is 2.25. The van der Waals surface area contributed by atoms with Crippen LogP contribution >= 0.6 is 0 Å². The van der Waals surface area contributed by atoms with Crippen LogP contribution in [-0.4, -0.2) is 18.9 Å². The Hall–Kier alpha value is -1.25. The zero-order valence-electron chi connectivity index (χ0n) is 6.99. The predicted molar refractivity (Wildman–Crippen MR) is 50.5 cm³/mol. The second-order valence-corrected chi connectivity index (χ2v) is 2.25. The molecule has 0 N–H and O–H groups in total. The van der Waals surface area contributed by atoms with E-state index in [1.165, 1.54) is 12.5 Å². The van der Waals surface area contributed by atoms with Gasteiger partial charge in [-0.25, -0.2) is 15.0 Å². The summed E-state index contributed by atoms with van der Waals surface area (Å²) in [5, 5.41) is 0. The van der Waals surface area contributed by atoms with Crippen molar-refractivity contribution in [2.24, 2.45) is 20.9 Å². The number of hydrogen-bond acceptors (Lipinski definition) is 1. The minimum absolute atomic E-state index is 0.281. The van der Waals surface area contributed by atoms with Crippen LogP contribution in [0.15, 0.2) is 27.8 Å². The van der Waals surface area contributed by atoms with Gasteiger partial charge in [0.25, 0.3) is 0 Å². The zero-order chi connectivity index (χ0) is 8.69. The van der Waals surface area contributed by atoms with Gasteiger partial charge in [-0.1, -0.05) is 20.4 Å². The van der Waals surface area contributed by atoms with E-state index < -0.39 is 0 Å². The summed E-state index contributed by atoms with van der Waals surface area (Å²) in [6, 6.07) is 0. The first-order chi connectivity index (χ1) is 5.22. The number of aliphatic imine (C=N–C) groups is 3. The molecule has 0 unspecified atom stereocenters. The van der Waals surface area contributed by atoms with Crippen molar-refractivity contribution in [2.45, 2.75) is 13.8 Å². The molecule has 0 aliphatic heterocycles. The van der Waals surface area contributed by atoms with E-state index in [0.717, 1.165) is 0 Å². The van der Waals surface area contributed by atoms with Gasteiger partial charge < -0.3 is 0 Å². The molecular formula is C8H13N3. The van der Waals surface area contributed by atoms with Crippen LogP contribution in [0.3, 0.4) is 0 Å². The number of amidine groups is 1. The molecule has 0 spiro atoms. The molecule has 0 aromatic heterocycles. The molecular weight excluding hydrogens is 138 g/mol. The molecule has 0 radical (unpaired) electrons. The van der Waals surface area contributed by atoms with E-state index in [9.17, 15) is 0 Å². The number of rotatable bonds is 3. The fraction of sp³-hybridized carbons (Fsp3) is 0.375. The van der Waals surface area contributed by atoms with Crippen molar-refractivity contribution in [3.8, 4) is 0 Å². The molecule has 0 saturated heterocycles. The van der Waals surface area contributed by atoms with Crippen molar-refractivity contribution >= 4 is 18.9 Å². The Morgan fingerprint density at radius 2 is 2.09 bits per heavy atom. The summed E-state index contributed by atoms with van der Waals surface area (Å²) in [5.74, 6) is 0.972. The second kappa shape index (κ2) is 5.53. The Morgan fingerprint density at radius 3 is 2.45 bits per heavy atom. The molecule has 0 bridgehead atoms. The highest BCUT2D eigenvalue weighted by molar-refractivity contribution is 5.93. The van der Waals surface area contributed by atoms with Gasteiger partial charge in [-0.3, -0.25) is 0 Å². The Morgan fingerprint density at radius 1 is 1.45 bits per heavy atom. The average Bonchev–Trinajstić information content (AvgIpc) is 1.97. The summed E-state index contributed by atoms with van der Waals surface area (Å²) in [6.45, 7) is 10.8. The molecule has 0 amide bonds. The maximum atomic E-state index is 3.96. The standard InChI is InChI=1S/C8H13N3/c1-5-10-6-11-8(9-4)7(2)3/h5-7H,1,4H2,2-3H3. The van der Waals surface area contributed by atoms with Gasteiger partial charge in [0.05, 0.1) is 0 Å². The zero-order valence-corrected chi connectivity index (χ0v) is 6.99. The van der Waals surface area contributed by atoms with Gasteiger partial charge >= 0.3 is 0 Å². The minimum Gasteiger partial charge on any atom is -0.249 e. The molecule has 3 nitrogen and oxygen atoms in total. The molecule has 0 fully saturated rings. The summed E-state index contributed by atoms with van der Waals surface area (Å²) in [5.41, 5.74) is 0. The van der Waals surface area contributed by atoms with E-state index in [1.807, 2.05) is 13.8 Å². The van der Waals surface area contributed by atoms with Crippen LogP contribution in [0.25, 0.3) is 0 Å². The topological polar surface area (TPSA) is 37.1 Å². The van der Waals surface area contributed by atoms with Crippen molar-refractivity contribution in [1.82, 2.24) is 0 Å². The maximum absolute atomic E-state index is 3.96. The maximum Gasteiger partial charge on any atom is 0.131 e. The van der Waals surface area contributed by atoms with E-state index in [2.05, 4.69) is 28.3 Å². The SMILES string of the molecule is C=CN=CN=C(N=C)C(C)C. The van der Waals surface area contributed by atoms with Gasteiger partial charge in [0.2, 0.25) is 0 Å². The molecule has 0 aliphatic rings. The van der Waals surface area contributed by atoms with E-state index in [1.54, 1.807) is 0 Å². The monoisotopic (exact) mass is 151 g/mol. The highest BCUT2D eigenvalue weighted by Crippen LogP contribution is 1.96. The highest BCUT2D eigenvalue weighted by Gasteiger charge is 1.98. The van der Waals surface area contributed by atoms with Gasteiger partial charge in [-0.05, 0) is 6.72 Å². The van der Waals surface area contributed by atoms with E-state index in [4.69, 9.17) is 0 Å². The van der Waals surface area contributed by atoms with E-state index in [-0.39, 0.29) is 5.92 Å². The lowest BCUT2D eigenvalue weighted by molar-refractivity contribution is 0.876. The van der Waals surface area contributed by atoms with Crippen molar-refractivity contribution in [1.29, 1.82) is 0 Å². The summed E-state index contributed by atoms with van der Waals surface area (Å²) < 4.78 is 0. The van der Waals surface area contributed by atoms with Crippen molar-refractivity contribution in [3.05, 3.63) is 12.8 Å². The van der Waals surface area contributed by atoms with Crippen LogP contribution in [0.2, 0.25) is 0 Å². The molecule has 0 aromatic carbocycles. The molecule has 0 saturated carbocycles. The largest absolute Gasteiger partial charge is 0.249 e. The molecule has 0 aliphatic carbocycles. The Kier molecular flexibility index (Phi) is 4.90. The Bertz CT molecular complexity index is 190. The fourth-order valence-electron chi connectivity index (χ4n) is 0.512. The number of hydrogen-bond donors (Lipinski definition) is 0. The van der Waals surface area contributed by atoms with Crippen LogP contribution in [0.4, 0.5) is 0 Å². The van der Waals surface area contributed by atoms with E-state index >= 15 is 0 Å². The molecule has 3 heteroatoms. The first-order valence-electron chi connectivity index (χ1n) is 3.39. The van der Waals surface area contributed by atoms with Gasteiger partial charge in [0, 0.05) is 12.1 Å². The number of nitrogens with zero attached hydrogens (tertiary/aromatic N) is 3. The van der Waals surface area contributed by atoms with Crippen LogP contribution in [0.1, 0.15) is 13.8 Å². The quantitative estimate of drug-likeness (QED) is 0.436. The smallest absolute Gasteiger partial charge is 0.131 e. The van der Waals surface area contributed by atoms with Crippen molar-refractivity contribution in [2.75, 3.05) is 0 Å². The third-order valence-corrected chi connectivity index (χ3v) is 1.04. The first kappa shape index (κ1) is 9.75. The summed E-state index contributed by atoms with van der Waals surface area (Å²) in [6.07, 6.45) is 2.83. The van der Waals surface area contributed by atoms with Crippen LogP contribution in [0, 0.1) is 5.92 Å². The van der Waals surface area contributed by atoms with Crippen LogP contribution in [0.5, 0.6) is 0 Å². The van der Waals surface area contributed by atoms with E-state index in [0.29, 0.717) is 5.84 Å². The lowest BCUT2D eigenvalue weighted by Crippen LogP contribution is -2.03. The van der Waals surface area contributed by atoms with Gasteiger partial charge in [0.1, 0.15) is 12.2 Å². The average molecular weight is 151 g/mol. The fourth-order valence-corrected chi connectivity index (χ4v) is 0.512. The van der Waals surface area contributed by atoms with Crippen molar-refractivity contribution < 1.29 is 0 Å². The first-order valence-corrected chi connectivity index (χ1v) is 3.39. The highest BCUT2D eigenvalue weighted by atomic mass is 14.9. The van der Waals surface area contributed by atoms with Crippen LogP contribution < -0.4 is 0 Å². The third kappa shape index (κ3) is 4.19. The molecule has 0 atom stereocenters. The summed E-state index contributed by atoms with van der Waals surface area (Å²) in [7, 11) is 0. The Balaban J connectivity index is 4.23. The summed E-state index contributed by atoms with van der Waals surface area (Å²) in [4.78, 5) is 11.4. The molecule has 0 aromatic rings. The third-order valence-electron chi connectivity index (χ3n) is 1.04. The van der Waals surface area contributed by atoms with Gasteiger partial charge in [0.15, 0.2) is 0 Å². The molecule has 60 valence electrons.